The normalized spacial score (nSPS) is 10.6. The Morgan fingerprint density at radius 2 is 2.09 bits per heavy atom. The molecule has 0 aliphatic carbocycles. The molecule has 0 amide bonds. The maximum atomic E-state index is 10.5. The van der Waals surface area contributed by atoms with Gasteiger partial charge in [0.15, 0.2) is 0 Å². The molecule has 0 fully saturated rings. The highest BCUT2D eigenvalue weighted by atomic mass is 35.5. The fourth-order valence-corrected chi connectivity index (χ4v) is 3.01. The number of hydrogen-bond acceptors (Lipinski definition) is 4. The van der Waals surface area contributed by atoms with E-state index in [9.17, 15) is 4.79 Å². The zero-order valence-corrected chi connectivity index (χ0v) is 14.2. The topological polar surface area (TPSA) is 63.1 Å². The molecule has 3 heterocycles. The summed E-state index contributed by atoms with van der Waals surface area (Å²) in [6.45, 7) is 4.00. The van der Waals surface area contributed by atoms with Gasteiger partial charge in [-0.1, -0.05) is 25.4 Å². The van der Waals surface area contributed by atoms with Gasteiger partial charge in [-0.2, -0.15) is 0 Å². The number of halogens is 1. The summed E-state index contributed by atoms with van der Waals surface area (Å²) in [6, 6.07) is 7.36. The van der Waals surface area contributed by atoms with E-state index >= 15 is 0 Å². The van der Waals surface area contributed by atoms with E-state index in [1.54, 1.807) is 24.5 Å². The highest BCUT2D eigenvalue weighted by Crippen LogP contribution is 2.32. The molecule has 0 radical (unpaired) electrons. The fraction of sp³-hybridized carbons (Fsp3) is 0.118. The molecule has 118 valence electrons. The predicted octanol–water partition coefficient (Wildman–Crippen LogP) is 5.14. The molecule has 0 unspecified atom stereocenters. The van der Waals surface area contributed by atoms with Crippen LogP contribution in [0.3, 0.4) is 0 Å². The van der Waals surface area contributed by atoms with Gasteiger partial charge in [-0.3, -0.25) is 4.98 Å². The summed E-state index contributed by atoms with van der Waals surface area (Å²) in [5.74, 6) is -0.968. The fourth-order valence-electron chi connectivity index (χ4n) is 1.89. The lowest BCUT2D eigenvalue weighted by molar-refractivity contribution is -0.131. The van der Waals surface area contributed by atoms with Crippen molar-refractivity contribution in [2.45, 2.75) is 13.8 Å². The molecule has 0 saturated carbocycles. The standard InChI is InChI=1S/C15H9ClN2O2S.C2H6/c16-11-7-13(18-12-5-6-17-8-10(11)12)14-3-1-9(21-14)2-4-15(19)20;1-2/h1-8H,(H,19,20);1-2H3/b4-2+;. The summed E-state index contributed by atoms with van der Waals surface area (Å²) in [4.78, 5) is 20.9. The first-order chi connectivity index (χ1) is 11.1. The number of fused-ring (bicyclic) bond motifs is 1. The Labute approximate surface area is 143 Å². The summed E-state index contributed by atoms with van der Waals surface area (Å²) in [5.41, 5.74) is 1.54. The molecule has 3 aromatic rings. The van der Waals surface area contributed by atoms with Gasteiger partial charge in [0.2, 0.25) is 0 Å². The number of aromatic nitrogens is 2. The van der Waals surface area contributed by atoms with Crippen LogP contribution in [0.4, 0.5) is 0 Å². The monoisotopic (exact) mass is 346 g/mol. The van der Waals surface area contributed by atoms with Gasteiger partial charge in [0.25, 0.3) is 0 Å². The maximum Gasteiger partial charge on any atom is 0.328 e. The predicted molar refractivity (Wildman–Crippen MR) is 95.9 cm³/mol. The zero-order chi connectivity index (χ0) is 16.8. The minimum atomic E-state index is -0.968. The van der Waals surface area contributed by atoms with E-state index in [1.807, 2.05) is 32.0 Å². The van der Waals surface area contributed by atoms with Crippen LogP contribution >= 0.6 is 22.9 Å². The zero-order valence-electron chi connectivity index (χ0n) is 12.7. The van der Waals surface area contributed by atoms with E-state index in [0.717, 1.165) is 32.4 Å². The molecule has 4 nitrogen and oxygen atoms in total. The Bertz CT molecular complexity index is 859. The second-order valence-electron chi connectivity index (χ2n) is 4.26. The molecule has 0 spiro atoms. The number of thiophene rings is 1. The van der Waals surface area contributed by atoms with Crippen molar-refractivity contribution < 1.29 is 9.90 Å². The molecular formula is C17H15ClN2O2S. The van der Waals surface area contributed by atoms with Crippen LogP contribution in [0.2, 0.25) is 5.02 Å². The van der Waals surface area contributed by atoms with Crippen LogP contribution in [0.15, 0.2) is 42.7 Å². The van der Waals surface area contributed by atoms with Crippen LogP contribution < -0.4 is 0 Å². The van der Waals surface area contributed by atoms with E-state index in [1.165, 1.54) is 11.3 Å². The van der Waals surface area contributed by atoms with Crippen molar-refractivity contribution in [3.8, 4) is 10.6 Å². The summed E-state index contributed by atoms with van der Waals surface area (Å²) in [6.07, 6.45) is 6.03. The first-order valence-electron chi connectivity index (χ1n) is 7.05. The van der Waals surface area contributed by atoms with E-state index < -0.39 is 5.97 Å². The van der Waals surface area contributed by atoms with Crippen molar-refractivity contribution in [1.29, 1.82) is 0 Å². The van der Waals surface area contributed by atoms with Crippen LogP contribution in [-0.2, 0) is 4.79 Å². The molecule has 0 aromatic carbocycles. The Morgan fingerprint density at radius 1 is 1.30 bits per heavy atom. The van der Waals surface area contributed by atoms with Gasteiger partial charge in [0.05, 0.1) is 21.1 Å². The number of carboxylic acids is 1. The van der Waals surface area contributed by atoms with Gasteiger partial charge < -0.3 is 5.11 Å². The summed E-state index contributed by atoms with van der Waals surface area (Å²) < 4.78 is 0. The van der Waals surface area contributed by atoms with Crippen molar-refractivity contribution in [2.24, 2.45) is 0 Å². The Balaban J connectivity index is 0.000000924. The lowest BCUT2D eigenvalue weighted by atomic mass is 10.2. The van der Waals surface area contributed by atoms with Gasteiger partial charge in [-0.25, -0.2) is 9.78 Å². The molecule has 1 N–H and O–H groups in total. The van der Waals surface area contributed by atoms with Crippen LogP contribution in [0.5, 0.6) is 0 Å². The van der Waals surface area contributed by atoms with E-state index in [2.05, 4.69) is 9.97 Å². The van der Waals surface area contributed by atoms with Crippen molar-refractivity contribution in [3.63, 3.8) is 0 Å². The molecule has 0 saturated heterocycles. The van der Waals surface area contributed by atoms with Gasteiger partial charge in [0.1, 0.15) is 0 Å². The minimum absolute atomic E-state index is 0.596. The molecule has 0 aliphatic heterocycles. The first-order valence-corrected chi connectivity index (χ1v) is 8.24. The van der Waals surface area contributed by atoms with Crippen molar-refractivity contribution in [2.75, 3.05) is 0 Å². The average molecular weight is 347 g/mol. The number of carbonyl (C=O) groups is 1. The third-order valence-electron chi connectivity index (χ3n) is 2.83. The van der Waals surface area contributed by atoms with Crippen LogP contribution in [-0.4, -0.2) is 21.0 Å². The van der Waals surface area contributed by atoms with E-state index in [-0.39, 0.29) is 0 Å². The number of rotatable bonds is 3. The second-order valence-corrected chi connectivity index (χ2v) is 5.78. The first kappa shape index (κ1) is 17.1. The summed E-state index contributed by atoms with van der Waals surface area (Å²) in [7, 11) is 0. The number of hydrogen-bond donors (Lipinski definition) is 1. The lowest BCUT2D eigenvalue weighted by Gasteiger charge is -2.02. The van der Waals surface area contributed by atoms with Crippen LogP contribution in [0.1, 0.15) is 18.7 Å². The number of carboxylic acid groups (broad SMARTS) is 1. The third-order valence-corrected chi connectivity index (χ3v) is 4.21. The Morgan fingerprint density at radius 3 is 2.83 bits per heavy atom. The second kappa shape index (κ2) is 7.85. The molecule has 3 rings (SSSR count). The maximum absolute atomic E-state index is 10.5. The van der Waals surface area contributed by atoms with Gasteiger partial charge in [0, 0.05) is 28.7 Å². The Kier molecular flexibility index (Phi) is 5.84. The highest BCUT2D eigenvalue weighted by molar-refractivity contribution is 7.16. The Hall–Kier alpha value is -2.24. The van der Waals surface area contributed by atoms with Crippen molar-refractivity contribution in [1.82, 2.24) is 9.97 Å². The quantitative estimate of drug-likeness (QED) is 0.667. The van der Waals surface area contributed by atoms with Crippen LogP contribution in [0, 0.1) is 0 Å². The number of aliphatic carboxylic acids is 1. The van der Waals surface area contributed by atoms with Crippen molar-refractivity contribution >= 4 is 45.9 Å². The van der Waals surface area contributed by atoms with E-state index in [0.29, 0.717) is 5.02 Å². The lowest BCUT2D eigenvalue weighted by Crippen LogP contribution is -1.85. The van der Waals surface area contributed by atoms with Crippen molar-refractivity contribution in [3.05, 3.63) is 52.6 Å². The van der Waals surface area contributed by atoms with E-state index in [4.69, 9.17) is 16.7 Å². The molecule has 3 aromatic heterocycles. The van der Waals surface area contributed by atoms with Crippen LogP contribution in [0.25, 0.3) is 27.6 Å². The number of pyridine rings is 2. The van der Waals surface area contributed by atoms with Gasteiger partial charge in [-0.15, -0.1) is 11.3 Å². The smallest absolute Gasteiger partial charge is 0.328 e. The SMILES string of the molecule is CC.O=C(O)/C=C/c1ccc(-c2cc(Cl)c3cnccc3n2)s1. The molecule has 23 heavy (non-hydrogen) atoms. The summed E-state index contributed by atoms with van der Waals surface area (Å²) in [5, 5.41) is 10.0. The molecule has 0 aliphatic rings. The average Bonchev–Trinajstić information content (AvgIpc) is 3.04. The highest BCUT2D eigenvalue weighted by Gasteiger charge is 2.08. The third kappa shape index (κ3) is 4.15. The molecular weight excluding hydrogens is 332 g/mol. The van der Waals surface area contributed by atoms with Gasteiger partial charge in [-0.05, 0) is 30.3 Å². The largest absolute Gasteiger partial charge is 0.478 e. The summed E-state index contributed by atoms with van der Waals surface area (Å²) >= 11 is 7.71. The minimum Gasteiger partial charge on any atom is -0.478 e. The van der Waals surface area contributed by atoms with Gasteiger partial charge >= 0.3 is 5.97 Å². The molecule has 0 bridgehead atoms. The molecule has 6 heteroatoms. The molecule has 0 atom stereocenters. The number of nitrogens with zero attached hydrogens (tertiary/aromatic N) is 2.